The summed E-state index contributed by atoms with van der Waals surface area (Å²) in [5, 5.41) is 0. The van der Waals surface area contributed by atoms with Gasteiger partial charge < -0.3 is 8.37 Å². The highest BCUT2D eigenvalue weighted by Crippen LogP contribution is 2.15. The molecule has 0 aromatic carbocycles. The van der Waals surface area contributed by atoms with Gasteiger partial charge in [0.05, 0.1) is 48.4 Å². The lowest BCUT2D eigenvalue weighted by atomic mass is 10.1. The van der Waals surface area contributed by atoms with Gasteiger partial charge in [-0.25, -0.2) is 0 Å². The number of carbonyl (C=O) groups is 2. The van der Waals surface area contributed by atoms with Crippen molar-refractivity contribution in [1.29, 1.82) is 0 Å². The van der Waals surface area contributed by atoms with E-state index in [0.717, 1.165) is 75.5 Å². The summed E-state index contributed by atoms with van der Waals surface area (Å²) >= 11 is 2.23. The maximum Gasteiger partial charge on any atom is 0.318 e. The van der Waals surface area contributed by atoms with Gasteiger partial charge >= 0.3 is 11.9 Å². The fourth-order valence-corrected chi connectivity index (χ4v) is 4.79. The van der Waals surface area contributed by atoms with Gasteiger partial charge in [0, 0.05) is 0 Å². The third kappa shape index (κ3) is 26.3. The van der Waals surface area contributed by atoms with Gasteiger partial charge in [0.2, 0.25) is 0 Å². The molecule has 0 bridgehead atoms. The maximum atomic E-state index is 11.9. The van der Waals surface area contributed by atoms with Gasteiger partial charge in [0.15, 0.2) is 0 Å². The highest BCUT2D eigenvalue weighted by atomic mass is 32.2. The van der Waals surface area contributed by atoms with Crippen LogP contribution in [0.4, 0.5) is 0 Å². The first kappa shape index (κ1) is 38.1. The quantitative estimate of drug-likeness (QED) is 0.0753. The van der Waals surface area contributed by atoms with E-state index in [4.69, 9.17) is 8.37 Å². The van der Waals surface area contributed by atoms with Crippen molar-refractivity contribution >= 4 is 36.0 Å². The van der Waals surface area contributed by atoms with Crippen molar-refractivity contribution < 1.29 is 18.0 Å². The molecule has 0 N–H and O–H groups in total. The van der Waals surface area contributed by atoms with Crippen molar-refractivity contribution in [3.63, 3.8) is 0 Å². The first-order chi connectivity index (χ1) is 19.0. The zero-order valence-corrected chi connectivity index (χ0v) is 28.0. The molecule has 0 fully saturated rings. The normalized spacial score (nSPS) is 12.7. The van der Waals surface area contributed by atoms with Crippen LogP contribution in [0.2, 0.25) is 0 Å². The Balaban J connectivity index is 3.96. The fraction of sp³-hybridized carbons (Fsp3) is 0.588. The predicted molar refractivity (Wildman–Crippen MR) is 177 cm³/mol. The number of rotatable bonds is 21. The standard InChI is InChI=1S/C34H54O4S2/c1-27(2)13-9-15-29(5)17-11-19-31(7)23-25-39-37-33(35)21-22-34(36)38-40-26-24-32(8)20-12-18-30(6)16-10-14-28(3)4/h13-14,17-18,23-24H,9-12,15-16,19-22,25-26H2,1-8H3. The van der Waals surface area contributed by atoms with E-state index in [1.165, 1.54) is 33.4 Å². The molecule has 0 aliphatic heterocycles. The molecular weight excluding hydrogens is 537 g/mol. The minimum Gasteiger partial charge on any atom is -0.391 e. The SMILES string of the molecule is CC(C)=CCCC(C)=CCCC(C)=CCSOC(=O)CCC(=O)OSCC=C(C)CCC=C(C)CCC=C(C)C. The smallest absolute Gasteiger partial charge is 0.318 e. The van der Waals surface area contributed by atoms with Crippen molar-refractivity contribution in [3.05, 3.63) is 69.9 Å². The summed E-state index contributed by atoms with van der Waals surface area (Å²) in [4.78, 5) is 23.8. The van der Waals surface area contributed by atoms with Crippen LogP contribution < -0.4 is 0 Å². The molecule has 0 unspecified atom stereocenters. The predicted octanol–water partition coefficient (Wildman–Crippen LogP) is 11.0. The Bertz CT molecular complexity index is 852. The van der Waals surface area contributed by atoms with Crippen molar-refractivity contribution in [3.8, 4) is 0 Å². The monoisotopic (exact) mass is 590 g/mol. The van der Waals surface area contributed by atoms with Gasteiger partial charge in [0.1, 0.15) is 0 Å². The van der Waals surface area contributed by atoms with E-state index in [1.54, 1.807) is 0 Å². The van der Waals surface area contributed by atoms with Crippen LogP contribution in [0.3, 0.4) is 0 Å². The molecule has 0 saturated carbocycles. The maximum absolute atomic E-state index is 11.9. The van der Waals surface area contributed by atoms with Gasteiger partial charge in [-0.05, 0) is 107 Å². The Kier molecular flexibility index (Phi) is 23.6. The first-order valence-electron chi connectivity index (χ1n) is 14.5. The van der Waals surface area contributed by atoms with Crippen LogP contribution in [0, 0.1) is 0 Å². The largest absolute Gasteiger partial charge is 0.391 e. The molecule has 0 rings (SSSR count). The van der Waals surface area contributed by atoms with Crippen LogP contribution in [-0.2, 0) is 18.0 Å². The Morgan fingerprint density at radius 3 is 1.07 bits per heavy atom. The summed E-state index contributed by atoms with van der Waals surface area (Å²) in [5.41, 5.74) is 8.16. The molecule has 0 aliphatic rings. The summed E-state index contributed by atoms with van der Waals surface area (Å²) < 4.78 is 10.4. The summed E-state index contributed by atoms with van der Waals surface area (Å²) in [6, 6.07) is 0. The van der Waals surface area contributed by atoms with Crippen LogP contribution in [-0.4, -0.2) is 23.4 Å². The van der Waals surface area contributed by atoms with Crippen LogP contribution >= 0.6 is 24.1 Å². The Morgan fingerprint density at radius 1 is 0.450 bits per heavy atom. The van der Waals surface area contributed by atoms with Crippen molar-refractivity contribution in [1.82, 2.24) is 0 Å². The van der Waals surface area contributed by atoms with E-state index in [2.05, 4.69) is 91.8 Å². The molecule has 0 saturated heterocycles. The summed E-state index contributed by atoms with van der Waals surface area (Å²) in [5.74, 6) is 0.427. The molecule has 0 atom stereocenters. The van der Waals surface area contributed by atoms with Gasteiger partial charge in [-0.15, -0.1) is 0 Å². The first-order valence-corrected chi connectivity index (χ1v) is 16.4. The lowest BCUT2D eigenvalue weighted by Gasteiger charge is -2.04. The zero-order valence-electron chi connectivity index (χ0n) is 26.4. The van der Waals surface area contributed by atoms with Gasteiger partial charge in [-0.2, -0.15) is 0 Å². The van der Waals surface area contributed by atoms with Gasteiger partial charge in [0.25, 0.3) is 0 Å². The molecule has 4 nitrogen and oxygen atoms in total. The molecule has 0 spiro atoms. The van der Waals surface area contributed by atoms with E-state index >= 15 is 0 Å². The van der Waals surface area contributed by atoms with Crippen LogP contribution in [0.25, 0.3) is 0 Å². The lowest BCUT2D eigenvalue weighted by Crippen LogP contribution is -2.05. The second-order valence-electron chi connectivity index (χ2n) is 10.9. The van der Waals surface area contributed by atoms with Crippen LogP contribution in [0.15, 0.2) is 69.9 Å². The minimum atomic E-state index is -0.395. The van der Waals surface area contributed by atoms with Crippen molar-refractivity contribution in [2.24, 2.45) is 0 Å². The second kappa shape index (κ2) is 24.8. The van der Waals surface area contributed by atoms with E-state index < -0.39 is 11.9 Å². The topological polar surface area (TPSA) is 52.6 Å². The number of allylic oxidation sites excluding steroid dienone is 10. The molecular formula is C34H54O4S2. The third-order valence-electron chi connectivity index (χ3n) is 6.08. The van der Waals surface area contributed by atoms with E-state index in [0.29, 0.717) is 11.5 Å². The molecule has 6 heteroatoms. The molecule has 226 valence electrons. The average Bonchev–Trinajstić information content (AvgIpc) is 2.87. The fourth-order valence-electron chi connectivity index (χ4n) is 3.52. The molecule has 0 aromatic heterocycles. The molecule has 0 radical (unpaired) electrons. The van der Waals surface area contributed by atoms with Gasteiger partial charge in [-0.1, -0.05) is 69.9 Å². The Labute approximate surface area is 254 Å². The molecule has 40 heavy (non-hydrogen) atoms. The van der Waals surface area contributed by atoms with Crippen molar-refractivity contribution in [2.45, 2.75) is 120 Å². The Hall–Kier alpha value is -1.92. The van der Waals surface area contributed by atoms with Crippen LogP contribution in [0.1, 0.15) is 120 Å². The van der Waals surface area contributed by atoms with Gasteiger partial charge in [-0.3, -0.25) is 9.59 Å². The number of carbonyl (C=O) groups excluding carboxylic acids is 2. The molecule has 0 heterocycles. The highest BCUT2D eigenvalue weighted by molar-refractivity contribution is 7.95. The number of hydrogen-bond donors (Lipinski definition) is 0. The van der Waals surface area contributed by atoms with E-state index in [1.807, 2.05) is 0 Å². The second-order valence-corrected chi connectivity index (χ2v) is 12.4. The molecule has 0 amide bonds. The Morgan fingerprint density at radius 2 is 0.750 bits per heavy atom. The third-order valence-corrected chi connectivity index (χ3v) is 7.30. The summed E-state index contributed by atoms with van der Waals surface area (Å²) in [7, 11) is 0. The van der Waals surface area contributed by atoms with E-state index in [9.17, 15) is 9.59 Å². The van der Waals surface area contributed by atoms with Crippen molar-refractivity contribution in [2.75, 3.05) is 11.5 Å². The zero-order chi connectivity index (χ0) is 30.2. The highest BCUT2D eigenvalue weighted by Gasteiger charge is 2.10. The summed E-state index contributed by atoms with van der Waals surface area (Å²) in [6.45, 7) is 17.1. The molecule has 0 aliphatic carbocycles. The summed E-state index contributed by atoms with van der Waals surface area (Å²) in [6.07, 6.45) is 21.9. The minimum absolute atomic E-state index is 0.0279. The lowest BCUT2D eigenvalue weighted by molar-refractivity contribution is -0.139. The number of hydrogen-bond acceptors (Lipinski definition) is 6. The average molecular weight is 591 g/mol. The van der Waals surface area contributed by atoms with E-state index in [-0.39, 0.29) is 12.8 Å². The molecule has 0 aromatic rings. The van der Waals surface area contributed by atoms with Crippen LogP contribution in [0.5, 0.6) is 0 Å².